The van der Waals surface area contributed by atoms with Crippen molar-refractivity contribution < 1.29 is 8.95 Å². The van der Waals surface area contributed by atoms with E-state index in [2.05, 4.69) is 15.6 Å². The van der Waals surface area contributed by atoms with Gasteiger partial charge in [0.1, 0.15) is 0 Å². The Hall–Kier alpha value is -1.40. The monoisotopic (exact) mass is 339 g/mol. The highest BCUT2D eigenvalue weighted by Gasteiger charge is 2.03. The lowest BCUT2D eigenvalue weighted by Gasteiger charge is -2.11. The van der Waals surface area contributed by atoms with Crippen molar-refractivity contribution in [2.45, 2.75) is 26.0 Å². The van der Waals surface area contributed by atoms with Crippen LogP contribution in [0.1, 0.15) is 25.8 Å². The first kappa shape index (κ1) is 19.6. The van der Waals surface area contributed by atoms with Crippen molar-refractivity contribution in [1.82, 2.24) is 10.6 Å². The molecule has 1 rings (SSSR count). The maximum Gasteiger partial charge on any atom is 0.191 e. The van der Waals surface area contributed by atoms with Gasteiger partial charge in [0.15, 0.2) is 5.96 Å². The van der Waals surface area contributed by atoms with Gasteiger partial charge < -0.3 is 15.4 Å². The number of rotatable bonds is 11. The lowest BCUT2D eigenvalue weighted by atomic mass is 10.2. The van der Waals surface area contributed by atoms with E-state index < -0.39 is 10.8 Å². The van der Waals surface area contributed by atoms with Gasteiger partial charge in [-0.25, -0.2) is 0 Å². The number of nitrogens with one attached hydrogen (secondary N) is 2. The Bertz CT molecular complexity index is 466. The Balaban J connectivity index is 2.25. The van der Waals surface area contributed by atoms with Crippen LogP contribution in [0.5, 0.6) is 0 Å². The molecule has 0 heterocycles. The Morgan fingerprint density at radius 2 is 2.00 bits per heavy atom. The molecule has 1 aromatic carbocycles. The van der Waals surface area contributed by atoms with Gasteiger partial charge >= 0.3 is 0 Å². The summed E-state index contributed by atoms with van der Waals surface area (Å²) in [6, 6.07) is 9.94. The maximum atomic E-state index is 12.1. The van der Waals surface area contributed by atoms with E-state index in [-0.39, 0.29) is 0 Å². The highest BCUT2D eigenvalue weighted by Crippen LogP contribution is 2.02. The normalized spacial score (nSPS) is 12.9. The first-order chi connectivity index (χ1) is 11.3. The third-order valence-electron chi connectivity index (χ3n) is 3.06. The first-order valence-corrected chi connectivity index (χ1v) is 9.73. The molecule has 0 aliphatic carbocycles. The standard InChI is InChI=1S/C17H29N3O2S/c1-3-18-17(19-11-8-13-22-4-2)20-12-14-23(21)15-16-9-6-5-7-10-16/h5-7,9-10H,3-4,8,11-15H2,1-2H3,(H2,18,19,20). The number of nitrogens with zero attached hydrogens (tertiary/aromatic N) is 1. The summed E-state index contributed by atoms with van der Waals surface area (Å²) in [7, 11) is -0.867. The first-order valence-electron chi connectivity index (χ1n) is 8.25. The van der Waals surface area contributed by atoms with Gasteiger partial charge in [-0.1, -0.05) is 30.3 Å². The summed E-state index contributed by atoms with van der Waals surface area (Å²) >= 11 is 0. The third kappa shape index (κ3) is 10.1. The second kappa shape index (κ2) is 13.1. The molecule has 5 nitrogen and oxygen atoms in total. The summed E-state index contributed by atoms with van der Waals surface area (Å²) in [5.41, 5.74) is 1.11. The summed E-state index contributed by atoms with van der Waals surface area (Å²) in [6.07, 6.45) is 0.907. The summed E-state index contributed by atoms with van der Waals surface area (Å²) in [6.45, 7) is 7.69. The average molecular weight is 340 g/mol. The molecule has 0 radical (unpaired) electrons. The molecule has 0 aliphatic rings. The van der Waals surface area contributed by atoms with Crippen LogP contribution in [-0.2, 0) is 21.3 Å². The number of guanidine groups is 1. The van der Waals surface area contributed by atoms with Crippen molar-refractivity contribution in [2.24, 2.45) is 4.99 Å². The molecule has 23 heavy (non-hydrogen) atoms. The summed E-state index contributed by atoms with van der Waals surface area (Å²) in [5.74, 6) is 1.99. The zero-order chi connectivity index (χ0) is 16.8. The van der Waals surface area contributed by atoms with Gasteiger partial charge in [0.2, 0.25) is 0 Å². The van der Waals surface area contributed by atoms with E-state index in [4.69, 9.17) is 4.74 Å². The van der Waals surface area contributed by atoms with Crippen molar-refractivity contribution >= 4 is 16.8 Å². The van der Waals surface area contributed by atoms with E-state index in [0.29, 0.717) is 18.1 Å². The zero-order valence-electron chi connectivity index (χ0n) is 14.2. The van der Waals surface area contributed by atoms with Crippen LogP contribution >= 0.6 is 0 Å². The van der Waals surface area contributed by atoms with Crippen molar-refractivity contribution in [3.8, 4) is 0 Å². The molecule has 0 spiro atoms. The largest absolute Gasteiger partial charge is 0.382 e. The molecule has 0 saturated carbocycles. The number of aliphatic imine (C=N–C) groups is 1. The maximum absolute atomic E-state index is 12.1. The van der Waals surface area contributed by atoms with E-state index in [0.717, 1.165) is 44.2 Å². The van der Waals surface area contributed by atoms with Crippen LogP contribution in [-0.4, -0.2) is 48.8 Å². The van der Waals surface area contributed by atoms with E-state index >= 15 is 0 Å². The van der Waals surface area contributed by atoms with Crippen LogP contribution in [0.3, 0.4) is 0 Å². The molecule has 2 N–H and O–H groups in total. The van der Waals surface area contributed by atoms with Crippen LogP contribution in [0, 0.1) is 0 Å². The van der Waals surface area contributed by atoms with E-state index in [1.165, 1.54) is 0 Å². The highest BCUT2D eigenvalue weighted by molar-refractivity contribution is 7.84. The molecule has 1 aromatic rings. The molecule has 130 valence electrons. The van der Waals surface area contributed by atoms with E-state index in [1.54, 1.807) is 0 Å². The SMILES string of the molecule is CCNC(=NCCCOCC)NCCS(=O)Cc1ccccc1. The van der Waals surface area contributed by atoms with Crippen molar-refractivity contribution in [3.63, 3.8) is 0 Å². The lowest BCUT2D eigenvalue weighted by Crippen LogP contribution is -2.39. The minimum atomic E-state index is -0.867. The molecular formula is C17H29N3O2S. The topological polar surface area (TPSA) is 62.7 Å². The predicted molar refractivity (Wildman–Crippen MR) is 98.2 cm³/mol. The van der Waals surface area contributed by atoms with Crippen molar-refractivity contribution in [1.29, 1.82) is 0 Å². The van der Waals surface area contributed by atoms with Crippen LogP contribution < -0.4 is 10.6 Å². The molecule has 0 aromatic heterocycles. The molecular weight excluding hydrogens is 310 g/mol. The molecule has 0 saturated heterocycles. The molecule has 0 amide bonds. The second-order valence-electron chi connectivity index (χ2n) is 5.01. The van der Waals surface area contributed by atoms with E-state index in [9.17, 15) is 4.21 Å². The molecule has 0 bridgehead atoms. The van der Waals surface area contributed by atoms with Gasteiger partial charge in [-0.3, -0.25) is 9.20 Å². The molecule has 1 atom stereocenters. The smallest absolute Gasteiger partial charge is 0.191 e. The quantitative estimate of drug-likeness (QED) is 0.367. The Morgan fingerprint density at radius 3 is 2.70 bits per heavy atom. The fourth-order valence-electron chi connectivity index (χ4n) is 1.96. The number of hydrogen-bond donors (Lipinski definition) is 2. The molecule has 6 heteroatoms. The van der Waals surface area contributed by atoms with Gasteiger partial charge in [-0.05, 0) is 25.8 Å². The number of benzene rings is 1. The van der Waals surface area contributed by atoms with Crippen LogP contribution in [0.4, 0.5) is 0 Å². The second-order valence-corrected chi connectivity index (χ2v) is 6.59. The molecule has 0 aliphatic heterocycles. The Morgan fingerprint density at radius 1 is 1.22 bits per heavy atom. The fraction of sp³-hybridized carbons (Fsp3) is 0.588. The van der Waals surface area contributed by atoms with E-state index in [1.807, 2.05) is 44.2 Å². The molecule has 0 fully saturated rings. The van der Waals surface area contributed by atoms with Crippen molar-refractivity contribution in [3.05, 3.63) is 35.9 Å². The highest BCUT2D eigenvalue weighted by atomic mass is 32.2. The Labute approximate surface area is 142 Å². The van der Waals surface area contributed by atoms with Gasteiger partial charge in [0.05, 0.1) is 0 Å². The zero-order valence-corrected chi connectivity index (χ0v) is 15.0. The van der Waals surface area contributed by atoms with Crippen molar-refractivity contribution in [2.75, 3.05) is 38.6 Å². The molecule has 1 unspecified atom stereocenters. The average Bonchev–Trinajstić information content (AvgIpc) is 2.55. The minimum absolute atomic E-state index is 0.602. The van der Waals surface area contributed by atoms with Gasteiger partial charge in [-0.15, -0.1) is 0 Å². The van der Waals surface area contributed by atoms with Crippen LogP contribution in [0.2, 0.25) is 0 Å². The summed E-state index contributed by atoms with van der Waals surface area (Å²) < 4.78 is 17.4. The van der Waals surface area contributed by atoms with Crippen LogP contribution in [0.25, 0.3) is 0 Å². The number of ether oxygens (including phenoxy) is 1. The van der Waals surface area contributed by atoms with Gasteiger partial charge in [0.25, 0.3) is 0 Å². The predicted octanol–water partition coefficient (Wildman–Crippen LogP) is 1.92. The Kier molecular flexibility index (Phi) is 11.2. The third-order valence-corrected chi connectivity index (χ3v) is 4.37. The minimum Gasteiger partial charge on any atom is -0.382 e. The fourth-order valence-corrected chi connectivity index (χ4v) is 3.00. The van der Waals surface area contributed by atoms with Gasteiger partial charge in [0, 0.05) is 55.2 Å². The summed E-state index contributed by atoms with van der Waals surface area (Å²) in [5, 5.41) is 6.43. The van der Waals surface area contributed by atoms with Gasteiger partial charge in [-0.2, -0.15) is 0 Å². The lowest BCUT2D eigenvalue weighted by molar-refractivity contribution is 0.146. The number of hydrogen-bond acceptors (Lipinski definition) is 3. The summed E-state index contributed by atoms with van der Waals surface area (Å²) in [4.78, 5) is 4.48. The van der Waals surface area contributed by atoms with Crippen LogP contribution in [0.15, 0.2) is 35.3 Å².